The van der Waals surface area contributed by atoms with Crippen molar-refractivity contribution in [2.24, 2.45) is 5.92 Å². The van der Waals surface area contributed by atoms with Gasteiger partial charge >= 0.3 is 0 Å². The first-order valence-corrected chi connectivity index (χ1v) is 8.49. The standard InChI is InChI=1S/C17H24ClFN2O/c1-3-21(4-2)17(22)13-7-6-10-20(11-13)12-14-15(18)8-5-9-16(14)19/h5,8-9,13H,3-4,6-7,10-12H2,1-2H3/p+1/t13-/m1/s1. The molecule has 1 aliphatic heterocycles. The van der Waals surface area contributed by atoms with Crippen molar-refractivity contribution in [3.63, 3.8) is 0 Å². The summed E-state index contributed by atoms with van der Waals surface area (Å²) in [6, 6.07) is 4.80. The number of rotatable bonds is 5. The lowest BCUT2D eigenvalue weighted by Crippen LogP contribution is -3.12. The molecule has 1 fully saturated rings. The van der Waals surface area contributed by atoms with Gasteiger partial charge in [-0.2, -0.15) is 0 Å². The van der Waals surface area contributed by atoms with Gasteiger partial charge in [0.05, 0.1) is 29.6 Å². The first-order valence-electron chi connectivity index (χ1n) is 8.12. The molecule has 0 spiro atoms. The number of hydrogen-bond donors (Lipinski definition) is 1. The van der Waals surface area contributed by atoms with Crippen LogP contribution in [0.15, 0.2) is 18.2 Å². The lowest BCUT2D eigenvalue weighted by Gasteiger charge is -2.32. The highest BCUT2D eigenvalue weighted by Crippen LogP contribution is 2.18. The van der Waals surface area contributed by atoms with Gasteiger partial charge in [-0.25, -0.2) is 4.39 Å². The summed E-state index contributed by atoms with van der Waals surface area (Å²) in [7, 11) is 0. The van der Waals surface area contributed by atoms with E-state index in [4.69, 9.17) is 11.6 Å². The molecule has 1 aromatic carbocycles. The zero-order valence-corrected chi connectivity index (χ0v) is 14.1. The highest BCUT2D eigenvalue weighted by atomic mass is 35.5. The molecule has 1 amide bonds. The molecule has 2 atom stereocenters. The topological polar surface area (TPSA) is 24.8 Å². The van der Waals surface area contributed by atoms with Crippen LogP contribution in [0, 0.1) is 11.7 Å². The Balaban J connectivity index is 2.03. The SMILES string of the molecule is CCN(CC)C(=O)[C@@H]1CCC[NH+](Cc2c(F)cccc2Cl)C1. The van der Waals surface area contributed by atoms with Gasteiger partial charge < -0.3 is 9.80 Å². The van der Waals surface area contributed by atoms with Crippen molar-refractivity contribution < 1.29 is 14.1 Å². The van der Waals surface area contributed by atoms with Crippen LogP contribution < -0.4 is 4.90 Å². The molecule has 22 heavy (non-hydrogen) atoms. The summed E-state index contributed by atoms with van der Waals surface area (Å²) in [5.74, 6) is 0.0354. The Labute approximate surface area is 137 Å². The lowest BCUT2D eigenvalue weighted by molar-refractivity contribution is -0.921. The molecule has 1 N–H and O–H groups in total. The fourth-order valence-corrected chi connectivity index (χ4v) is 3.50. The van der Waals surface area contributed by atoms with Crippen LogP contribution in [0.1, 0.15) is 32.3 Å². The number of benzene rings is 1. The largest absolute Gasteiger partial charge is 0.343 e. The van der Waals surface area contributed by atoms with Crippen LogP contribution >= 0.6 is 11.6 Å². The monoisotopic (exact) mass is 327 g/mol. The van der Waals surface area contributed by atoms with Gasteiger partial charge in [0, 0.05) is 13.1 Å². The van der Waals surface area contributed by atoms with Crippen LogP contribution in [0.5, 0.6) is 0 Å². The van der Waals surface area contributed by atoms with E-state index in [2.05, 4.69) is 0 Å². The lowest BCUT2D eigenvalue weighted by atomic mass is 9.96. The van der Waals surface area contributed by atoms with Crippen molar-refractivity contribution >= 4 is 17.5 Å². The van der Waals surface area contributed by atoms with Crippen molar-refractivity contribution in [1.29, 1.82) is 0 Å². The Bertz CT molecular complexity index is 499. The molecule has 1 aromatic rings. The van der Waals surface area contributed by atoms with Crippen LogP contribution in [-0.2, 0) is 11.3 Å². The smallest absolute Gasteiger partial charge is 0.231 e. The number of carbonyl (C=O) groups excluding carboxylic acids is 1. The molecule has 3 nitrogen and oxygen atoms in total. The van der Waals surface area contributed by atoms with E-state index in [1.807, 2.05) is 18.7 Å². The van der Waals surface area contributed by atoms with E-state index >= 15 is 0 Å². The van der Waals surface area contributed by atoms with Crippen molar-refractivity contribution in [1.82, 2.24) is 4.90 Å². The van der Waals surface area contributed by atoms with Gasteiger partial charge in [-0.1, -0.05) is 17.7 Å². The van der Waals surface area contributed by atoms with E-state index in [0.717, 1.165) is 39.0 Å². The molecule has 2 rings (SSSR count). The van der Waals surface area contributed by atoms with E-state index in [-0.39, 0.29) is 17.6 Å². The van der Waals surface area contributed by atoms with E-state index in [0.29, 0.717) is 17.1 Å². The molecule has 5 heteroatoms. The van der Waals surface area contributed by atoms with Gasteiger partial charge in [0.2, 0.25) is 5.91 Å². The number of piperidine rings is 1. The first-order chi connectivity index (χ1) is 10.6. The van der Waals surface area contributed by atoms with Crippen LogP contribution in [0.3, 0.4) is 0 Å². The highest BCUT2D eigenvalue weighted by molar-refractivity contribution is 6.31. The number of likely N-dealkylation sites (tertiary alicyclic amines) is 1. The second kappa shape index (κ2) is 7.93. The summed E-state index contributed by atoms with van der Waals surface area (Å²) in [5.41, 5.74) is 0.565. The van der Waals surface area contributed by atoms with Crippen LogP contribution in [0.2, 0.25) is 5.02 Å². The van der Waals surface area contributed by atoms with Crippen molar-refractivity contribution in [3.05, 3.63) is 34.6 Å². The normalized spacial score (nSPS) is 21.6. The Kier molecular flexibility index (Phi) is 6.21. The van der Waals surface area contributed by atoms with Gasteiger partial charge in [0.15, 0.2) is 0 Å². The van der Waals surface area contributed by atoms with Crippen LogP contribution in [-0.4, -0.2) is 37.0 Å². The zero-order valence-electron chi connectivity index (χ0n) is 13.4. The first kappa shape index (κ1) is 17.2. The van der Waals surface area contributed by atoms with Crippen LogP contribution in [0.25, 0.3) is 0 Å². The van der Waals surface area contributed by atoms with E-state index < -0.39 is 0 Å². The molecule has 122 valence electrons. The molecule has 1 unspecified atom stereocenters. The number of hydrogen-bond acceptors (Lipinski definition) is 1. The quantitative estimate of drug-likeness (QED) is 0.880. The number of halogens is 2. The number of carbonyl (C=O) groups is 1. The molecule has 1 saturated heterocycles. The van der Waals surface area contributed by atoms with Gasteiger partial charge in [0.25, 0.3) is 0 Å². The van der Waals surface area contributed by atoms with Gasteiger partial charge in [-0.15, -0.1) is 0 Å². The minimum atomic E-state index is -0.253. The Morgan fingerprint density at radius 2 is 2.14 bits per heavy atom. The maximum Gasteiger partial charge on any atom is 0.231 e. The minimum Gasteiger partial charge on any atom is -0.343 e. The highest BCUT2D eigenvalue weighted by Gasteiger charge is 2.31. The predicted molar refractivity (Wildman–Crippen MR) is 86.5 cm³/mol. The minimum absolute atomic E-state index is 0.0502. The molecular formula is C17H25ClFN2O+. The summed E-state index contributed by atoms with van der Waals surface area (Å²) in [5, 5.41) is 0.477. The second-order valence-corrected chi connectivity index (χ2v) is 6.34. The zero-order chi connectivity index (χ0) is 16.1. The van der Waals surface area contributed by atoms with E-state index in [1.165, 1.54) is 11.0 Å². The molecule has 0 aliphatic carbocycles. The summed E-state index contributed by atoms with van der Waals surface area (Å²) in [6.45, 7) is 7.79. The molecule has 1 heterocycles. The number of nitrogens with zero attached hydrogens (tertiary/aromatic N) is 1. The summed E-state index contributed by atoms with van der Waals surface area (Å²) in [6.07, 6.45) is 1.93. The molecule has 0 saturated carbocycles. The fourth-order valence-electron chi connectivity index (χ4n) is 3.27. The molecule has 0 radical (unpaired) electrons. The predicted octanol–water partition coefficient (Wildman–Crippen LogP) is 2.14. The van der Waals surface area contributed by atoms with Crippen molar-refractivity contribution in [3.8, 4) is 0 Å². The third kappa shape index (κ3) is 3.99. The van der Waals surface area contributed by atoms with Gasteiger partial charge in [0.1, 0.15) is 12.4 Å². The molecule has 1 aliphatic rings. The van der Waals surface area contributed by atoms with Crippen molar-refractivity contribution in [2.75, 3.05) is 26.2 Å². The van der Waals surface area contributed by atoms with Gasteiger partial charge in [-0.05, 0) is 38.8 Å². The van der Waals surface area contributed by atoms with Crippen LogP contribution in [0.4, 0.5) is 4.39 Å². The van der Waals surface area contributed by atoms with E-state index in [1.54, 1.807) is 12.1 Å². The Morgan fingerprint density at radius 3 is 2.77 bits per heavy atom. The Morgan fingerprint density at radius 1 is 1.41 bits per heavy atom. The third-order valence-electron chi connectivity index (χ3n) is 4.53. The molecular weight excluding hydrogens is 303 g/mol. The number of amides is 1. The number of nitrogens with one attached hydrogen (secondary N) is 1. The second-order valence-electron chi connectivity index (χ2n) is 5.93. The maximum atomic E-state index is 13.9. The fraction of sp³-hybridized carbons (Fsp3) is 0.588. The average molecular weight is 328 g/mol. The summed E-state index contributed by atoms with van der Waals surface area (Å²) >= 11 is 6.11. The molecule has 0 bridgehead atoms. The van der Waals surface area contributed by atoms with Gasteiger partial charge in [-0.3, -0.25) is 4.79 Å². The Hall–Kier alpha value is -1.13. The average Bonchev–Trinajstić information content (AvgIpc) is 2.52. The third-order valence-corrected chi connectivity index (χ3v) is 4.88. The summed E-state index contributed by atoms with van der Waals surface area (Å²) in [4.78, 5) is 15.6. The maximum absolute atomic E-state index is 13.9. The number of quaternary nitrogens is 1. The van der Waals surface area contributed by atoms with E-state index in [9.17, 15) is 9.18 Å². The summed E-state index contributed by atoms with van der Waals surface area (Å²) < 4.78 is 13.9. The van der Waals surface area contributed by atoms with Crippen molar-refractivity contribution in [2.45, 2.75) is 33.2 Å². The molecule has 0 aromatic heterocycles.